The van der Waals surface area contributed by atoms with Gasteiger partial charge >= 0.3 is 0 Å². The van der Waals surface area contributed by atoms with Crippen LogP contribution in [0.1, 0.15) is 11.1 Å². The quantitative estimate of drug-likeness (QED) is 0.591. The second kappa shape index (κ2) is 3.48. The third-order valence-electron chi connectivity index (χ3n) is 2.81. The zero-order valence-electron chi connectivity index (χ0n) is 8.33. The third-order valence-corrected chi connectivity index (χ3v) is 2.81. The number of nitrogens with zero attached hydrogens (tertiary/aromatic N) is 2. The summed E-state index contributed by atoms with van der Waals surface area (Å²) < 4.78 is 0. The molecule has 1 heterocycles. The van der Waals surface area contributed by atoms with Crippen molar-refractivity contribution in [2.75, 3.05) is 20.6 Å². The van der Waals surface area contributed by atoms with E-state index in [9.17, 15) is 0 Å². The lowest BCUT2D eigenvalue weighted by Gasteiger charge is -2.25. The normalized spacial score (nSPS) is 19.5. The summed E-state index contributed by atoms with van der Waals surface area (Å²) >= 11 is 0. The van der Waals surface area contributed by atoms with Crippen molar-refractivity contribution in [3.8, 4) is 0 Å². The molecule has 0 radical (unpaired) electrons. The van der Waals surface area contributed by atoms with E-state index in [-0.39, 0.29) is 0 Å². The van der Waals surface area contributed by atoms with Gasteiger partial charge in [-0.2, -0.15) is 0 Å². The lowest BCUT2D eigenvalue weighted by atomic mass is 10.1. The highest BCUT2D eigenvalue weighted by Gasteiger charge is 2.13. The zero-order chi connectivity index (χ0) is 9.26. The molecule has 0 atom stereocenters. The maximum absolute atomic E-state index is 2.28. The number of rotatable bonds is 0. The van der Waals surface area contributed by atoms with Crippen molar-refractivity contribution in [2.24, 2.45) is 0 Å². The zero-order valence-corrected chi connectivity index (χ0v) is 8.33. The van der Waals surface area contributed by atoms with Crippen molar-refractivity contribution >= 4 is 0 Å². The van der Waals surface area contributed by atoms with E-state index in [4.69, 9.17) is 0 Å². The Bertz CT molecular complexity index is 296. The largest absolute Gasteiger partial charge is 0.244 e. The Morgan fingerprint density at radius 2 is 1.69 bits per heavy atom. The number of hydrogen-bond donors (Lipinski definition) is 0. The van der Waals surface area contributed by atoms with E-state index in [1.807, 2.05) is 0 Å². The molecule has 0 saturated heterocycles. The van der Waals surface area contributed by atoms with Crippen LogP contribution in [-0.2, 0) is 13.0 Å². The molecule has 2 heteroatoms. The molecule has 0 fully saturated rings. The lowest BCUT2D eigenvalue weighted by molar-refractivity contribution is 0.0257. The summed E-state index contributed by atoms with van der Waals surface area (Å²) in [6, 6.07) is 8.72. The Labute approximate surface area is 79.7 Å². The second-order valence-electron chi connectivity index (χ2n) is 3.72. The van der Waals surface area contributed by atoms with Gasteiger partial charge in [0.15, 0.2) is 0 Å². The molecule has 0 spiro atoms. The Hall–Kier alpha value is -0.860. The highest BCUT2D eigenvalue weighted by atomic mass is 15.6. The maximum Gasteiger partial charge on any atom is 0.0383 e. The van der Waals surface area contributed by atoms with Crippen molar-refractivity contribution < 1.29 is 0 Å². The number of fused-ring (bicyclic) bond motifs is 1. The Kier molecular flexibility index (Phi) is 2.34. The Morgan fingerprint density at radius 1 is 1.00 bits per heavy atom. The van der Waals surface area contributed by atoms with Gasteiger partial charge in [0.05, 0.1) is 0 Å². The van der Waals surface area contributed by atoms with Crippen LogP contribution >= 0.6 is 0 Å². The molecule has 0 aromatic heterocycles. The second-order valence-corrected chi connectivity index (χ2v) is 3.72. The molecule has 0 amide bonds. The van der Waals surface area contributed by atoms with Gasteiger partial charge in [0.2, 0.25) is 0 Å². The summed E-state index contributed by atoms with van der Waals surface area (Å²) in [7, 11) is 4.29. The summed E-state index contributed by atoms with van der Waals surface area (Å²) in [6.45, 7) is 2.15. The molecule has 0 unspecified atom stereocenters. The number of likely N-dealkylation sites (N-methyl/N-ethyl adjacent to an activating group) is 1. The SMILES string of the molecule is CN1CCc2ccccc2CN1C. The van der Waals surface area contributed by atoms with Gasteiger partial charge in [-0.1, -0.05) is 24.3 Å². The van der Waals surface area contributed by atoms with E-state index in [0.717, 1.165) is 19.5 Å². The van der Waals surface area contributed by atoms with Gasteiger partial charge in [-0.15, -0.1) is 0 Å². The van der Waals surface area contributed by atoms with Gasteiger partial charge in [0.25, 0.3) is 0 Å². The van der Waals surface area contributed by atoms with E-state index in [2.05, 4.69) is 48.4 Å². The molecule has 0 saturated carbocycles. The fourth-order valence-corrected chi connectivity index (χ4v) is 1.78. The first-order valence-electron chi connectivity index (χ1n) is 4.76. The van der Waals surface area contributed by atoms with Crippen LogP contribution < -0.4 is 0 Å². The molecule has 2 nitrogen and oxygen atoms in total. The average Bonchev–Trinajstić information content (AvgIpc) is 2.28. The molecule has 1 aliphatic rings. The standard InChI is InChI=1S/C11H16N2/c1-12-8-7-10-5-3-4-6-11(10)9-13(12)2/h3-6H,7-9H2,1-2H3. The first kappa shape index (κ1) is 8.73. The van der Waals surface area contributed by atoms with E-state index in [1.54, 1.807) is 0 Å². The van der Waals surface area contributed by atoms with Gasteiger partial charge in [-0.3, -0.25) is 0 Å². The first-order chi connectivity index (χ1) is 6.27. The van der Waals surface area contributed by atoms with Crippen molar-refractivity contribution in [3.63, 3.8) is 0 Å². The summed E-state index contributed by atoms with van der Waals surface area (Å²) in [6.07, 6.45) is 1.16. The third kappa shape index (κ3) is 1.74. The summed E-state index contributed by atoms with van der Waals surface area (Å²) in [5.74, 6) is 0. The summed E-state index contributed by atoms with van der Waals surface area (Å²) in [5.41, 5.74) is 2.97. The predicted molar refractivity (Wildman–Crippen MR) is 54.2 cm³/mol. The van der Waals surface area contributed by atoms with E-state index in [1.165, 1.54) is 11.1 Å². The molecule has 13 heavy (non-hydrogen) atoms. The van der Waals surface area contributed by atoms with Crippen LogP contribution in [0, 0.1) is 0 Å². The molecule has 1 aliphatic heterocycles. The summed E-state index contributed by atoms with van der Waals surface area (Å²) in [4.78, 5) is 0. The van der Waals surface area contributed by atoms with Gasteiger partial charge in [-0.05, 0) is 17.5 Å². The van der Waals surface area contributed by atoms with Crippen molar-refractivity contribution in [1.82, 2.24) is 10.0 Å². The van der Waals surface area contributed by atoms with Gasteiger partial charge in [0.1, 0.15) is 0 Å². The van der Waals surface area contributed by atoms with Gasteiger partial charge in [-0.25, -0.2) is 10.0 Å². The van der Waals surface area contributed by atoms with Crippen molar-refractivity contribution in [2.45, 2.75) is 13.0 Å². The number of hydrazine groups is 1. The predicted octanol–water partition coefficient (Wildman–Crippen LogP) is 1.52. The minimum absolute atomic E-state index is 1.03. The minimum atomic E-state index is 1.03. The monoisotopic (exact) mass is 176 g/mol. The van der Waals surface area contributed by atoms with Gasteiger partial charge in [0, 0.05) is 27.2 Å². The lowest BCUT2D eigenvalue weighted by Crippen LogP contribution is -2.35. The molecule has 1 aromatic carbocycles. The molecule has 0 bridgehead atoms. The molecule has 2 rings (SSSR count). The minimum Gasteiger partial charge on any atom is -0.244 e. The van der Waals surface area contributed by atoms with Crippen molar-refractivity contribution in [3.05, 3.63) is 35.4 Å². The molecule has 0 aliphatic carbocycles. The van der Waals surface area contributed by atoms with Crippen LogP contribution in [-0.4, -0.2) is 30.7 Å². The van der Waals surface area contributed by atoms with Crippen LogP contribution in [0.3, 0.4) is 0 Å². The van der Waals surface area contributed by atoms with Crippen LogP contribution in [0.2, 0.25) is 0 Å². The Balaban J connectivity index is 2.29. The highest BCUT2D eigenvalue weighted by Crippen LogP contribution is 2.16. The number of hydrogen-bond acceptors (Lipinski definition) is 2. The topological polar surface area (TPSA) is 6.48 Å². The molecule has 0 N–H and O–H groups in total. The molecule has 70 valence electrons. The molecular weight excluding hydrogens is 160 g/mol. The van der Waals surface area contributed by atoms with Gasteiger partial charge < -0.3 is 0 Å². The van der Waals surface area contributed by atoms with Crippen LogP contribution in [0.25, 0.3) is 0 Å². The van der Waals surface area contributed by atoms with E-state index < -0.39 is 0 Å². The molecule has 1 aromatic rings. The van der Waals surface area contributed by atoms with Crippen LogP contribution in [0.15, 0.2) is 24.3 Å². The molecular formula is C11H16N2. The van der Waals surface area contributed by atoms with Crippen LogP contribution in [0.4, 0.5) is 0 Å². The smallest absolute Gasteiger partial charge is 0.0383 e. The fraction of sp³-hybridized carbons (Fsp3) is 0.455. The van der Waals surface area contributed by atoms with Crippen molar-refractivity contribution in [1.29, 1.82) is 0 Å². The number of benzene rings is 1. The first-order valence-corrected chi connectivity index (χ1v) is 4.76. The van der Waals surface area contributed by atoms with E-state index in [0.29, 0.717) is 0 Å². The van der Waals surface area contributed by atoms with E-state index >= 15 is 0 Å². The summed E-state index contributed by atoms with van der Waals surface area (Å²) in [5, 5.41) is 4.55. The Morgan fingerprint density at radius 3 is 2.46 bits per heavy atom. The van der Waals surface area contributed by atoms with Crippen LogP contribution in [0.5, 0.6) is 0 Å². The fourth-order valence-electron chi connectivity index (χ4n) is 1.78. The maximum atomic E-state index is 2.28. The highest BCUT2D eigenvalue weighted by molar-refractivity contribution is 5.27. The average molecular weight is 176 g/mol.